The van der Waals surface area contributed by atoms with E-state index in [9.17, 15) is 4.79 Å². The minimum atomic E-state index is -0.0989. The van der Waals surface area contributed by atoms with Gasteiger partial charge in [-0.1, -0.05) is 31.5 Å². The zero-order valence-corrected chi connectivity index (χ0v) is 14.4. The first kappa shape index (κ1) is 15.5. The minimum Gasteiger partial charge on any atom is -0.351 e. The average Bonchev–Trinajstić information content (AvgIpc) is 2.90. The van der Waals surface area contributed by atoms with Gasteiger partial charge in [-0.15, -0.1) is 11.3 Å². The monoisotopic (exact) mass is 371 g/mol. The Morgan fingerprint density at radius 2 is 2.15 bits per heavy atom. The van der Waals surface area contributed by atoms with Crippen molar-refractivity contribution in [3.05, 3.63) is 55.6 Å². The van der Waals surface area contributed by atoms with Crippen LogP contribution in [0.1, 0.15) is 29.1 Å². The maximum atomic E-state index is 12.2. The van der Waals surface area contributed by atoms with Gasteiger partial charge >= 0.3 is 0 Å². The Morgan fingerprint density at radius 3 is 2.75 bits per heavy atom. The molecular weight excluding hydrogens is 358 g/mol. The van der Waals surface area contributed by atoms with Crippen LogP contribution in [-0.4, -0.2) is 12.5 Å². The second kappa shape index (κ2) is 6.29. The summed E-state index contributed by atoms with van der Waals surface area (Å²) >= 11 is 10.9. The third-order valence-electron chi connectivity index (χ3n) is 3.05. The molecule has 0 aliphatic rings. The van der Waals surface area contributed by atoms with E-state index in [1.807, 2.05) is 6.07 Å². The van der Waals surface area contributed by atoms with Crippen LogP contribution < -0.4 is 5.32 Å². The molecule has 0 atom stereocenters. The van der Waals surface area contributed by atoms with Crippen LogP contribution in [0.3, 0.4) is 0 Å². The van der Waals surface area contributed by atoms with E-state index in [1.165, 1.54) is 4.88 Å². The molecule has 1 aromatic carbocycles. The van der Waals surface area contributed by atoms with E-state index in [0.717, 1.165) is 0 Å². The third kappa shape index (κ3) is 3.62. The summed E-state index contributed by atoms with van der Waals surface area (Å²) in [5.74, 6) is -0.0989. The second-order valence-electron chi connectivity index (χ2n) is 5.17. The second-order valence-corrected chi connectivity index (χ2v) is 7.41. The first-order chi connectivity index (χ1) is 9.40. The van der Waals surface area contributed by atoms with Crippen molar-refractivity contribution in [1.29, 1.82) is 0 Å². The number of benzene rings is 1. The van der Waals surface area contributed by atoms with Gasteiger partial charge < -0.3 is 5.32 Å². The molecule has 106 valence electrons. The van der Waals surface area contributed by atoms with E-state index < -0.39 is 0 Å². The Balaban J connectivity index is 2.05. The van der Waals surface area contributed by atoms with Gasteiger partial charge in [-0.2, -0.15) is 0 Å². The molecule has 1 aromatic heterocycles. The molecule has 1 N–H and O–H groups in total. The molecule has 2 nitrogen and oxygen atoms in total. The molecule has 2 aromatic rings. The van der Waals surface area contributed by atoms with Crippen molar-refractivity contribution < 1.29 is 4.79 Å². The minimum absolute atomic E-state index is 0.0806. The predicted molar refractivity (Wildman–Crippen MR) is 88.8 cm³/mol. The summed E-state index contributed by atoms with van der Waals surface area (Å²) in [6, 6.07) is 9.28. The molecule has 0 aliphatic heterocycles. The van der Waals surface area contributed by atoms with Crippen LogP contribution in [0.4, 0.5) is 0 Å². The number of carbonyl (C=O) groups excluding carboxylic acids is 1. The largest absolute Gasteiger partial charge is 0.351 e. The van der Waals surface area contributed by atoms with Crippen LogP contribution in [0.2, 0.25) is 5.02 Å². The highest BCUT2D eigenvalue weighted by Gasteiger charge is 2.23. The van der Waals surface area contributed by atoms with E-state index in [4.69, 9.17) is 11.6 Å². The fourth-order valence-corrected chi connectivity index (χ4v) is 3.54. The Morgan fingerprint density at radius 1 is 1.40 bits per heavy atom. The highest BCUT2D eigenvalue weighted by atomic mass is 79.9. The highest BCUT2D eigenvalue weighted by Crippen LogP contribution is 2.27. The topological polar surface area (TPSA) is 29.1 Å². The Labute approximate surface area is 136 Å². The molecule has 20 heavy (non-hydrogen) atoms. The molecule has 0 saturated heterocycles. The van der Waals surface area contributed by atoms with Crippen molar-refractivity contribution in [3.63, 3.8) is 0 Å². The number of carbonyl (C=O) groups is 1. The number of amides is 1. The molecule has 0 saturated carbocycles. The third-order valence-corrected chi connectivity index (χ3v) is 5.18. The van der Waals surface area contributed by atoms with E-state index in [2.05, 4.69) is 46.5 Å². The number of nitrogens with one attached hydrogen (secondary N) is 1. The smallest absolute Gasteiger partial charge is 0.252 e. The summed E-state index contributed by atoms with van der Waals surface area (Å²) in [7, 11) is 0. The molecule has 5 heteroatoms. The molecule has 0 unspecified atom stereocenters. The van der Waals surface area contributed by atoms with Crippen LogP contribution in [-0.2, 0) is 5.41 Å². The molecule has 1 amide bonds. The Kier molecular flexibility index (Phi) is 4.89. The molecule has 2 rings (SSSR count). The summed E-state index contributed by atoms with van der Waals surface area (Å²) in [5, 5.41) is 5.64. The van der Waals surface area contributed by atoms with E-state index in [0.29, 0.717) is 21.6 Å². The fraction of sp³-hybridized carbons (Fsp3) is 0.267. The number of thiophene rings is 1. The van der Waals surface area contributed by atoms with Crippen LogP contribution in [0, 0.1) is 0 Å². The van der Waals surface area contributed by atoms with E-state index >= 15 is 0 Å². The Hall–Kier alpha value is -0.840. The average molecular weight is 373 g/mol. The van der Waals surface area contributed by atoms with E-state index in [-0.39, 0.29) is 11.3 Å². The molecule has 0 bridgehead atoms. The standard InChI is InChI=1S/C15H15BrClNOS/c1-15(2,13-4-3-7-20-13)9-18-14(19)11-6-5-10(17)8-12(11)16/h3-8H,9H2,1-2H3,(H,18,19). The Bertz CT molecular complexity index is 610. The SMILES string of the molecule is CC(C)(CNC(=O)c1ccc(Cl)cc1Br)c1cccs1. The molecule has 0 fully saturated rings. The van der Waals surface area contributed by atoms with Gasteiger partial charge in [0.15, 0.2) is 0 Å². The summed E-state index contributed by atoms with van der Waals surface area (Å²) in [5.41, 5.74) is 0.513. The predicted octanol–water partition coefficient (Wildman–Crippen LogP) is 4.87. The molecular formula is C15H15BrClNOS. The lowest BCUT2D eigenvalue weighted by atomic mass is 9.91. The van der Waals surface area contributed by atoms with Gasteiger partial charge in [0.1, 0.15) is 0 Å². The van der Waals surface area contributed by atoms with Crippen LogP contribution in [0.15, 0.2) is 40.2 Å². The van der Waals surface area contributed by atoms with Crippen molar-refractivity contribution in [3.8, 4) is 0 Å². The zero-order chi connectivity index (χ0) is 14.8. The van der Waals surface area contributed by atoms with Gasteiger partial charge in [0.2, 0.25) is 0 Å². The van der Waals surface area contributed by atoms with Crippen molar-refractivity contribution in [2.75, 3.05) is 6.54 Å². The summed E-state index contributed by atoms with van der Waals surface area (Å²) in [4.78, 5) is 13.5. The van der Waals surface area contributed by atoms with E-state index in [1.54, 1.807) is 29.5 Å². The van der Waals surface area contributed by atoms with Gasteiger partial charge in [0.05, 0.1) is 5.56 Å². The number of halogens is 2. The van der Waals surface area contributed by atoms with Crippen molar-refractivity contribution in [2.45, 2.75) is 19.3 Å². The molecule has 1 heterocycles. The normalized spacial score (nSPS) is 11.4. The quantitative estimate of drug-likeness (QED) is 0.815. The van der Waals surface area contributed by atoms with Gasteiger partial charge in [0.25, 0.3) is 5.91 Å². The highest BCUT2D eigenvalue weighted by molar-refractivity contribution is 9.10. The molecule has 0 spiro atoms. The van der Waals surface area contributed by atoms with Crippen LogP contribution in [0.5, 0.6) is 0 Å². The maximum absolute atomic E-state index is 12.2. The number of hydrogen-bond acceptors (Lipinski definition) is 2. The van der Waals surface area contributed by atoms with Crippen molar-refractivity contribution in [2.24, 2.45) is 0 Å². The summed E-state index contributed by atoms with van der Waals surface area (Å²) in [6.07, 6.45) is 0. The van der Waals surface area contributed by atoms with Crippen molar-refractivity contribution in [1.82, 2.24) is 5.32 Å². The lowest BCUT2D eigenvalue weighted by Gasteiger charge is -2.23. The number of rotatable bonds is 4. The zero-order valence-electron chi connectivity index (χ0n) is 11.2. The molecule has 0 aliphatic carbocycles. The van der Waals surface area contributed by atoms with Crippen molar-refractivity contribution >= 4 is 44.8 Å². The van der Waals surface area contributed by atoms with Gasteiger partial charge in [-0.25, -0.2) is 0 Å². The van der Waals surface area contributed by atoms with Crippen LogP contribution >= 0.6 is 38.9 Å². The first-order valence-corrected chi connectivity index (χ1v) is 8.22. The molecule has 0 radical (unpaired) electrons. The first-order valence-electron chi connectivity index (χ1n) is 6.17. The van der Waals surface area contributed by atoms with Crippen LogP contribution in [0.25, 0.3) is 0 Å². The summed E-state index contributed by atoms with van der Waals surface area (Å²) in [6.45, 7) is 4.83. The van der Waals surface area contributed by atoms with Gasteiger partial charge in [-0.05, 0) is 45.6 Å². The summed E-state index contributed by atoms with van der Waals surface area (Å²) < 4.78 is 0.705. The number of hydrogen-bond donors (Lipinski definition) is 1. The lowest BCUT2D eigenvalue weighted by Crippen LogP contribution is -2.36. The van der Waals surface area contributed by atoms with Gasteiger partial charge in [0, 0.05) is 26.3 Å². The fourth-order valence-electron chi connectivity index (χ4n) is 1.82. The maximum Gasteiger partial charge on any atom is 0.252 e. The lowest BCUT2D eigenvalue weighted by molar-refractivity contribution is 0.0945. The van der Waals surface area contributed by atoms with Gasteiger partial charge in [-0.3, -0.25) is 4.79 Å².